The Morgan fingerprint density at radius 1 is 0.612 bits per heavy atom. The number of imide groups is 2. The van der Waals surface area contributed by atoms with Crippen molar-refractivity contribution in [2.24, 2.45) is 29.6 Å². The van der Waals surface area contributed by atoms with Crippen molar-refractivity contribution < 1.29 is 44.4 Å². The molecule has 5 N–H and O–H groups in total. The lowest BCUT2D eigenvalue weighted by atomic mass is 9.57. The average molecular weight is 656 g/mol. The summed E-state index contributed by atoms with van der Waals surface area (Å²) in [5, 5.41) is 52.1. The molecular formula is C36H30B2N2O9. The summed E-state index contributed by atoms with van der Waals surface area (Å²) in [4.78, 5) is 59.0. The Balaban J connectivity index is 1.26. The molecule has 4 amide bonds. The van der Waals surface area contributed by atoms with Crippen LogP contribution in [0, 0.1) is 29.6 Å². The molecule has 2 aliphatic carbocycles. The number of allylic oxidation sites excluding steroid dienone is 2. The van der Waals surface area contributed by atoms with Crippen molar-refractivity contribution in [3.8, 4) is 5.75 Å². The smallest absolute Gasteiger partial charge is 0.488 e. The first-order valence-electron chi connectivity index (χ1n) is 16.1. The van der Waals surface area contributed by atoms with Crippen LogP contribution in [0.2, 0.25) is 0 Å². The van der Waals surface area contributed by atoms with Crippen molar-refractivity contribution in [3.63, 3.8) is 0 Å². The minimum absolute atomic E-state index is 0.0375. The van der Waals surface area contributed by atoms with E-state index in [1.165, 1.54) is 36.4 Å². The molecule has 2 saturated heterocycles. The minimum atomic E-state index is -1.82. The maximum Gasteiger partial charge on any atom is 0.488 e. The third-order valence-electron chi connectivity index (χ3n) is 10.8. The number of hydrogen-bond donors (Lipinski definition) is 5. The topological polar surface area (TPSA) is 176 Å². The van der Waals surface area contributed by atoms with E-state index in [2.05, 4.69) is 0 Å². The van der Waals surface area contributed by atoms with Crippen molar-refractivity contribution in [1.82, 2.24) is 0 Å². The Hall–Kier alpha value is -5.07. The van der Waals surface area contributed by atoms with Gasteiger partial charge in [0.2, 0.25) is 23.6 Å². The van der Waals surface area contributed by atoms with Crippen molar-refractivity contribution in [2.45, 2.75) is 18.8 Å². The van der Waals surface area contributed by atoms with E-state index in [0.29, 0.717) is 16.5 Å². The van der Waals surface area contributed by atoms with Crippen LogP contribution < -0.4 is 20.7 Å². The van der Waals surface area contributed by atoms with Crippen LogP contribution in [0.3, 0.4) is 0 Å². The van der Waals surface area contributed by atoms with Crippen LogP contribution in [0.1, 0.15) is 24.3 Å². The lowest BCUT2D eigenvalue weighted by molar-refractivity contribution is -0.126. The summed E-state index contributed by atoms with van der Waals surface area (Å²) in [5.41, 5.74) is 1.74. The molecule has 0 radical (unpaired) electrons. The van der Waals surface area contributed by atoms with Crippen molar-refractivity contribution in [2.75, 3.05) is 9.80 Å². The summed E-state index contributed by atoms with van der Waals surface area (Å²) in [7, 11) is -3.62. The number of benzene rings is 4. The fourth-order valence-electron chi connectivity index (χ4n) is 8.62. The van der Waals surface area contributed by atoms with Crippen LogP contribution >= 0.6 is 0 Å². The standard InChI is InChI=1S/C36H30B2N2O9/c41-32-23-10-2-1-5-18(23)11-12-25(32)29-24-13-14-26-30(35(44)39(33(26)42)21-8-3-6-19(15-21)37(46)47)27(24)17-28-31(29)36(45)40(34(28)43)22-9-4-7-20(16-22)38(48)49/h1-13,15-16,26-31,41,46-49H,14,17H2. The fraction of sp³-hybridized carbons (Fsp3) is 0.222. The van der Waals surface area contributed by atoms with Crippen LogP contribution in [-0.4, -0.2) is 63.1 Å². The molecule has 2 heterocycles. The van der Waals surface area contributed by atoms with Gasteiger partial charge in [-0.15, -0.1) is 0 Å². The Bertz CT molecular complexity index is 2120. The van der Waals surface area contributed by atoms with Gasteiger partial charge in [-0.1, -0.05) is 72.3 Å². The number of nitrogens with zero attached hydrogens (tertiary/aromatic N) is 2. The second kappa shape index (κ2) is 11.5. The molecule has 0 spiro atoms. The van der Waals surface area contributed by atoms with Crippen LogP contribution in [0.5, 0.6) is 5.75 Å². The molecule has 8 rings (SSSR count). The van der Waals surface area contributed by atoms with Gasteiger partial charge in [0.15, 0.2) is 0 Å². The predicted octanol–water partition coefficient (Wildman–Crippen LogP) is 0.950. The maximum absolute atomic E-state index is 14.4. The van der Waals surface area contributed by atoms with E-state index >= 15 is 0 Å². The zero-order valence-electron chi connectivity index (χ0n) is 26.0. The van der Waals surface area contributed by atoms with Gasteiger partial charge in [-0.2, -0.15) is 0 Å². The molecule has 4 aliphatic rings. The highest BCUT2D eigenvalue weighted by Crippen LogP contribution is 2.59. The summed E-state index contributed by atoms with van der Waals surface area (Å²) in [6.45, 7) is 0. The van der Waals surface area contributed by atoms with Gasteiger partial charge < -0.3 is 25.2 Å². The molecule has 244 valence electrons. The zero-order valence-corrected chi connectivity index (χ0v) is 26.0. The number of carbonyl (C=O) groups is 4. The molecule has 3 fully saturated rings. The monoisotopic (exact) mass is 656 g/mol. The molecule has 2 aliphatic heterocycles. The average Bonchev–Trinajstić information content (AvgIpc) is 3.51. The van der Waals surface area contributed by atoms with E-state index in [1.54, 1.807) is 30.3 Å². The molecule has 49 heavy (non-hydrogen) atoms. The van der Waals surface area contributed by atoms with Crippen molar-refractivity contribution in [1.29, 1.82) is 0 Å². The van der Waals surface area contributed by atoms with Crippen LogP contribution in [0.4, 0.5) is 11.4 Å². The second-order valence-corrected chi connectivity index (χ2v) is 13.2. The highest BCUT2D eigenvalue weighted by Gasteiger charge is 2.62. The van der Waals surface area contributed by atoms with Gasteiger partial charge in [-0.3, -0.25) is 29.0 Å². The Labute approximate surface area is 281 Å². The highest BCUT2D eigenvalue weighted by molar-refractivity contribution is 6.59. The predicted molar refractivity (Wildman–Crippen MR) is 181 cm³/mol. The lowest BCUT2D eigenvalue weighted by Crippen LogP contribution is -2.43. The lowest BCUT2D eigenvalue weighted by Gasteiger charge is -2.44. The van der Waals surface area contributed by atoms with Gasteiger partial charge in [0, 0.05) is 16.9 Å². The van der Waals surface area contributed by atoms with Crippen LogP contribution in [0.15, 0.2) is 96.6 Å². The number of aromatic hydroxyl groups is 1. The Morgan fingerprint density at radius 2 is 1.20 bits per heavy atom. The normalized spacial score (nSPS) is 26.1. The van der Waals surface area contributed by atoms with E-state index in [0.717, 1.165) is 15.2 Å². The third kappa shape index (κ3) is 4.68. The summed E-state index contributed by atoms with van der Waals surface area (Å²) in [5.74, 6) is -6.82. The number of hydrogen-bond acceptors (Lipinski definition) is 9. The molecule has 13 heteroatoms. The van der Waals surface area contributed by atoms with Crippen molar-refractivity contribution in [3.05, 3.63) is 102 Å². The Morgan fingerprint density at radius 3 is 1.84 bits per heavy atom. The van der Waals surface area contributed by atoms with E-state index in [4.69, 9.17) is 0 Å². The van der Waals surface area contributed by atoms with E-state index in [-0.39, 0.29) is 40.9 Å². The first kappa shape index (κ1) is 31.2. The molecule has 4 aromatic rings. The number of amides is 4. The molecule has 6 unspecified atom stereocenters. The SMILES string of the molecule is O=C1C2CC=C3C(CC4C(=O)N(c5cccc(B(O)O)c5)C(=O)C4C3c3ccc4ccccc4c3O)C2C(=O)N1c1cccc(B(O)O)c1. The summed E-state index contributed by atoms with van der Waals surface area (Å²) in [6, 6.07) is 22.7. The molecule has 1 saturated carbocycles. The van der Waals surface area contributed by atoms with E-state index in [1.807, 2.05) is 24.3 Å². The molecule has 11 nitrogen and oxygen atoms in total. The molecule has 0 bridgehead atoms. The first-order chi connectivity index (χ1) is 23.6. The van der Waals surface area contributed by atoms with Gasteiger partial charge >= 0.3 is 14.2 Å². The number of anilines is 2. The van der Waals surface area contributed by atoms with Gasteiger partial charge in [0.25, 0.3) is 0 Å². The molecule has 0 aromatic heterocycles. The highest BCUT2D eigenvalue weighted by atomic mass is 16.4. The first-order valence-corrected chi connectivity index (χ1v) is 16.1. The summed E-state index contributed by atoms with van der Waals surface area (Å²) >= 11 is 0. The number of carbonyl (C=O) groups excluding carboxylic acids is 4. The third-order valence-corrected chi connectivity index (χ3v) is 10.8. The van der Waals surface area contributed by atoms with E-state index < -0.39 is 73.4 Å². The number of rotatable bonds is 5. The Kier molecular flexibility index (Phi) is 7.34. The molecule has 6 atom stereocenters. The number of phenols is 1. The quantitative estimate of drug-likeness (QED) is 0.119. The number of fused-ring (bicyclic) bond motifs is 5. The summed E-state index contributed by atoms with van der Waals surface area (Å²) < 4.78 is 0. The van der Waals surface area contributed by atoms with Gasteiger partial charge in [0.1, 0.15) is 5.75 Å². The van der Waals surface area contributed by atoms with Crippen LogP contribution in [-0.2, 0) is 19.2 Å². The van der Waals surface area contributed by atoms with Gasteiger partial charge in [-0.05, 0) is 59.3 Å². The van der Waals surface area contributed by atoms with Crippen molar-refractivity contribution >= 4 is 70.9 Å². The van der Waals surface area contributed by atoms with Gasteiger partial charge in [0.05, 0.1) is 35.0 Å². The summed E-state index contributed by atoms with van der Waals surface area (Å²) in [6.07, 6.45) is 2.19. The largest absolute Gasteiger partial charge is 0.507 e. The molecular weight excluding hydrogens is 626 g/mol. The number of phenolic OH excluding ortho intramolecular Hbond substituents is 1. The minimum Gasteiger partial charge on any atom is -0.507 e. The van der Waals surface area contributed by atoms with E-state index in [9.17, 15) is 44.4 Å². The zero-order chi connectivity index (χ0) is 34.3. The fourth-order valence-corrected chi connectivity index (χ4v) is 8.62. The second-order valence-electron chi connectivity index (χ2n) is 13.2. The molecule has 4 aromatic carbocycles. The van der Waals surface area contributed by atoms with Crippen LogP contribution in [0.25, 0.3) is 10.8 Å². The van der Waals surface area contributed by atoms with Gasteiger partial charge in [-0.25, -0.2) is 0 Å². The maximum atomic E-state index is 14.4.